The zero-order valence-corrected chi connectivity index (χ0v) is 14.1. The van der Waals surface area contributed by atoms with Gasteiger partial charge < -0.3 is 9.72 Å². The molecule has 0 radical (unpaired) electrons. The minimum Gasteiger partial charge on any atom is -0.373 e. The smallest absolute Gasteiger partial charge is 0.252 e. The summed E-state index contributed by atoms with van der Waals surface area (Å²) in [5.74, 6) is -0.330. The molecule has 2 heterocycles. The van der Waals surface area contributed by atoms with Crippen molar-refractivity contribution in [1.29, 1.82) is 0 Å². The van der Waals surface area contributed by atoms with Crippen LogP contribution < -0.4 is 5.56 Å². The molecule has 24 heavy (non-hydrogen) atoms. The van der Waals surface area contributed by atoms with Crippen LogP contribution in [0.25, 0.3) is 0 Å². The van der Waals surface area contributed by atoms with E-state index in [1.807, 2.05) is 12.1 Å². The van der Waals surface area contributed by atoms with Gasteiger partial charge in [0.15, 0.2) is 0 Å². The van der Waals surface area contributed by atoms with Crippen LogP contribution in [0.15, 0.2) is 41.3 Å². The fraction of sp³-hybridized carbons (Fsp3) is 0.389. The molecule has 1 aromatic carbocycles. The van der Waals surface area contributed by atoms with Crippen molar-refractivity contribution >= 4 is 11.6 Å². The molecule has 4 nitrogen and oxygen atoms in total. The molecule has 0 bridgehead atoms. The monoisotopic (exact) mass is 350 g/mol. The highest BCUT2D eigenvalue weighted by Crippen LogP contribution is 2.22. The number of halogens is 2. The van der Waals surface area contributed by atoms with Gasteiger partial charge >= 0.3 is 0 Å². The molecule has 1 saturated heterocycles. The fourth-order valence-corrected chi connectivity index (χ4v) is 3.14. The highest BCUT2D eigenvalue weighted by molar-refractivity contribution is 6.31. The Morgan fingerprint density at radius 1 is 1.25 bits per heavy atom. The van der Waals surface area contributed by atoms with Gasteiger partial charge in [-0.2, -0.15) is 0 Å². The number of nitrogens with zero attached hydrogens (tertiary/aromatic N) is 1. The Hall–Kier alpha value is -1.69. The third-order valence-electron chi connectivity index (χ3n) is 4.35. The van der Waals surface area contributed by atoms with Crippen LogP contribution in [0.1, 0.15) is 24.0 Å². The van der Waals surface area contributed by atoms with E-state index in [4.69, 9.17) is 16.3 Å². The number of benzene rings is 1. The molecule has 1 aliphatic heterocycles. The Bertz CT molecular complexity index is 722. The van der Waals surface area contributed by atoms with Crippen LogP contribution in [0.4, 0.5) is 4.39 Å². The molecule has 0 spiro atoms. The van der Waals surface area contributed by atoms with E-state index in [-0.39, 0.29) is 24.1 Å². The van der Waals surface area contributed by atoms with Gasteiger partial charge in [-0.1, -0.05) is 23.7 Å². The molecular formula is C18H20ClFN2O2. The Labute approximate surface area is 145 Å². The summed E-state index contributed by atoms with van der Waals surface area (Å²) in [7, 11) is 0. The van der Waals surface area contributed by atoms with Gasteiger partial charge in [0, 0.05) is 42.0 Å². The van der Waals surface area contributed by atoms with E-state index >= 15 is 0 Å². The van der Waals surface area contributed by atoms with E-state index < -0.39 is 0 Å². The average molecular weight is 351 g/mol. The Morgan fingerprint density at radius 3 is 2.75 bits per heavy atom. The van der Waals surface area contributed by atoms with Gasteiger partial charge in [-0.05, 0) is 31.0 Å². The van der Waals surface area contributed by atoms with Gasteiger partial charge in [0.25, 0.3) is 5.56 Å². The number of aromatic nitrogens is 1. The number of ether oxygens (including phenoxy) is 1. The van der Waals surface area contributed by atoms with E-state index in [1.54, 1.807) is 18.3 Å². The van der Waals surface area contributed by atoms with Gasteiger partial charge in [0.1, 0.15) is 5.82 Å². The number of pyridine rings is 1. The van der Waals surface area contributed by atoms with Crippen molar-refractivity contribution in [3.8, 4) is 0 Å². The third-order valence-corrected chi connectivity index (χ3v) is 4.71. The molecule has 3 rings (SSSR count). The minimum atomic E-state index is -0.330. The first kappa shape index (κ1) is 17.1. The topological polar surface area (TPSA) is 45.3 Å². The summed E-state index contributed by atoms with van der Waals surface area (Å²) < 4.78 is 19.6. The summed E-state index contributed by atoms with van der Waals surface area (Å²) in [4.78, 5) is 16.7. The van der Waals surface area contributed by atoms with Crippen molar-refractivity contribution in [2.24, 2.45) is 0 Å². The lowest BCUT2D eigenvalue weighted by Gasteiger charge is -2.31. The number of nitrogens with one attached hydrogen (secondary N) is 1. The van der Waals surface area contributed by atoms with Gasteiger partial charge in [-0.3, -0.25) is 9.69 Å². The normalized spacial score (nSPS) is 16.4. The quantitative estimate of drug-likeness (QED) is 0.899. The Kier molecular flexibility index (Phi) is 5.66. The van der Waals surface area contributed by atoms with E-state index in [0.29, 0.717) is 17.1 Å². The molecule has 0 atom stereocenters. The SMILES string of the molecule is O=c1[nH]cccc1CN1CCC(OCc2c(F)cccc2Cl)CC1. The molecule has 0 saturated carbocycles. The number of hydrogen-bond acceptors (Lipinski definition) is 3. The van der Waals surface area contributed by atoms with Crippen molar-refractivity contribution in [2.75, 3.05) is 13.1 Å². The number of H-pyrrole nitrogens is 1. The van der Waals surface area contributed by atoms with Crippen LogP contribution in [0.5, 0.6) is 0 Å². The minimum absolute atomic E-state index is 0.0370. The number of hydrogen-bond donors (Lipinski definition) is 1. The van der Waals surface area contributed by atoms with Crippen molar-refractivity contribution in [3.05, 3.63) is 68.8 Å². The maximum Gasteiger partial charge on any atom is 0.252 e. The average Bonchev–Trinajstić information content (AvgIpc) is 2.58. The predicted octanol–water partition coefficient (Wildman–Crippen LogP) is 3.35. The standard InChI is InChI=1S/C18H20ClFN2O2/c19-16-4-1-5-17(20)15(16)12-24-14-6-9-22(10-7-14)11-13-3-2-8-21-18(13)23/h1-5,8,14H,6-7,9-12H2,(H,21,23). The second-order valence-corrected chi connectivity index (χ2v) is 6.42. The fourth-order valence-electron chi connectivity index (χ4n) is 2.93. The summed E-state index contributed by atoms with van der Waals surface area (Å²) in [5.41, 5.74) is 1.15. The van der Waals surface area contributed by atoms with E-state index in [1.165, 1.54) is 6.07 Å². The van der Waals surface area contributed by atoms with Gasteiger partial charge in [0.2, 0.25) is 0 Å². The molecular weight excluding hydrogens is 331 g/mol. The van der Waals surface area contributed by atoms with Crippen LogP contribution in [0.2, 0.25) is 5.02 Å². The van der Waals surface area contributed by atoms with Crippen molar-refractivity contribution in [3.63, 3.8) is 0 Å². The molecule has 6 heteroatoms. The van der Waals surface area contributed by atoms with Gasteiger partial charge in [0.05, 0.1) is 12.7 Å². The van der Waals surface area contributed by atoms with Gasteiger partial charge in [-0.15, -0.1) is 0 Å². The second kappa shape index (κ2) is 7.92. The number of rotatable bonds is 5. The predicted molar refractivity (Wildman–Crippen MR) is 91.6 cm³/mol. The molecule has 1 aliphatic rings. The zero-order chi connectivity index (χ0) is 16.9. The first-order valence-electron chi connectivity index (χ1n) is 8.07. The highest BCUT2D eigenvalue weighted by atomic mass is 35.5. The van der Waals surface area contributed by atoms with Crippen molar-refractivity contribution in [2.45, 2.75) is 32.1 Å². The highest BCUT2D eigenvalue weighted by Gasteiger charge is 2.21. The van der Waals surface area contributed by atoms with Gasteiger partial charge in [-0.25, -0.2) is 4.39 Å². The molecule has 1 N–H and O–H groups in total. The van der Waals surface area contributed by atoms with Crippen LogP contribution >= 0.6 is 11.6 Å². The molecule has 0 amide bonds. The lowest BCUT2D eigenvalue weighted by molar-refractivity contribution is -0.00496. The van der Waals surface area contributed by atoms with Crippen LogP contribution in [0, 0.1) is 5.82 Å². The maximum atomic E-state index is 13.7. The summed E-state index contributed by atoms with van der Waals surface area (Å²) in [6, 6.07) is 8.34. The Balaban J connectivity index is 1.49. The van der Waals surface area contributed by atoms with E-state index in [2.05, 4.69) is 9.88 Å². The number of piperidine rings is 1. The summed E-state index contributed by atoms with van der Waals surface area (Å²) >= 11 is 6.01. The van der Waals surface area contributed by atoms with E-state index in [9.17, 15) is 9.18 Å². The lowest BCUT2D eigenvalue weighted by Crippen LogP contribution is -2.37. The zero-order valence-electron chi connectivity index (χ0n) is 13.3. The van der Waals surface area contributed by atoms with E-state index in [0.717, 1.165) is 31.5 Å². The van der Waals surface area contributed by atoms with Crippen LogP contribution in [0.3, 0.4) is 0 Å². The summed E-state index contributed by atoms with van der Waals surface area (Å²) in [6.45, 7) is 2.53. The first-order chi connectivity index (χ1) is 11.6. The van der Waals surface area contributed by atoms with Crippen molar-refractivity contribution in [1.82, 2.24) is 9.88 Å². The molecule has 0 unspecified atom stereocenters. The lowest BCUT2D eigenvalue weighted by atomic mass is 10.1. The largest absolute Gasteiger partial charge is 0.373 e. The summed E-state index contributed by atoms with van der Waals surface area (Å²) in [5, 5.41) is 0.399. The molecule has 128 valence electrons. The number of aromatic amines is 1. The molecule has 1 aromatic heterocycles. The molecule has 2 aromatic rings. The third kappa shape index (κ3) is 4.23. The first-order valence-corrected chi connectivity index (χ1v) is 8.44. The van der Waals surface area contributed by atoms with Crippen molar-refractivity contribution < 1.29 is 9.13 Å². The van der Waals surface area contributed by atoms with Crippen LogP contribution in [-0.2, 0) is 17.9 Å². The second-order valence-electron chi connectivity index (χ2n) is 6.01. The number of likely N-dealkylation sites (tertiary alicyclic amines) is 1. The maximum absolute atomic E-state index is 13.7. The van der Waals surface area contributed by atoms with Crippen LogP contribution in [-0.4, -0.2) is 29.1 Å². The Morgan fingerprint density at radius 2 is 2.04 bits per heavy atom. The molecule has 1 fully saturated rings. The molecule has 0 aliphatic carbocycles. The summed E-state index contributed by atoms with van der Waals surface area (Å²) in [6.07, 6.45) is 3.44.